The number of hydrogen-bond donors (Lipinski definition) is 3. The van der Waals surface area contributed by atoms with Gasteiger partial charge in [-0.1, -0.05) is 41.4 Å². The third kappa shape index (κ3) is 5.54. The van der Waals surface area contributed by atoms with E-state index in [1.807, 2.05) is 31.2 Å². The standard InChI is InChI=1S/C27H21ClN2O4/c1-17-6-10-19(11-7-17)30-25-15-14-21(16-23(25)26(31)32)34-27(33)22-4-2-3-5-24(22)29-20-12-8-18(28)9-13-20/h2-16,29-30H,1H3,(H,31,32). The predicted octanol–water partition coefficient (Wildman–Crippen LogP) is 7.05. The quantitative estimate of drug-likeness (QED) is 0.197. The Labute approximate surface area is 201 Å². The van der Waals surface area contributed by atoms with E-state index in [0.29, 0.717) is 22.0 Å². The number of carboxylic acids is 1. The molecule has 34 heavy (non-hydrogen) atoms. The van der Waals surface area contributed by atoms with Crippen LogP contribution in [0.3, 0.4) is 0 Å². The van der Waals surface area contributed by atoms with Crippen molar-refractivity contribution in [2.24, 2.45) is 0 Å². The highest BCUT2D eigenvalue weighted by atomic mass is 35.5. The van der Waals surface area contributed by atoms with Gasteiger partial charge in [0.05, 0.1) is 22.5 Å². The molecule has 0 aromatic heterocycles. The second-order valence-electron chi connectivity index (χ2n) is 7.57. The first-order valence-corrected chi connectivity index (χ1v) is 10.8. The number of esters is 1. The molecular weight excluding hydrogens is 452 g/mol. The van der Waals surface area contributed by atoms with E-state index in [4.69, 9.17) is 16.3 Å². The molecule has 0 aliphatic heterocycles. The van der Waals surface area contributed by atoms with Crippen LogP contribution >= 0.6 is 11.6 Å². The van der Waals surface area contributed by atoms with E-state index in [2.05, 4.69) is 10.6 Å². The molecule has 0 aliphatic rings. The molecular formula is C27H21ClN2O4. The number of hydrogen-bond acceptors (Lipinski definition) is 5. The zero-order chi connectivity index (χ0) is 24.1. The van der Waals surface area contributed by atoms with Crippen molar-refractivity contribution in [1.29, 1.82) is 0 Å². The van der Waals surface area contributed by atoms with Gasteiger partial charge in [-0.3, -0.25) is 0 Å². The lowest BCUT2D eigenvalue weighted by Crippen LogP contribution is -2.12. The van der Waals surface area contributed by atoms with Crippen LogP contribution in [0.25, 0.3) is 0 Å². The van der Waals surface area contributed by atoms with Crippen molar-refractivity contribution >= 4 is 46.3 Å². The highest BCUT2D eigenvalue weighted by Crippen LogP contribution is 2.28. The van der Waals surface area contributed by atoms with E-state index in [-0.39, 0.29) is 11.3 Å². The monoisotopic (exact) mass is 472 g/mol. The Kier molecular flexibility index (Phi) is 6.80. The summed E-state index contributed by atoms with van der Waals surface area (Å²) in [4.78, 5) is 24.8. The van der Waals surface area contributed by atoms with Crippen LogP contribution in [0.4, 0.5) is 22.7 Å². The van der Waals surface area contributed by atoms with Gasteiger partial charge in [-0.05, 0) is 73.7 Å². The second-order valence-corrected chi connectivity index (χ2v) is 8.01. The molecule has 0 unspecified atom stereocenters. The molecule has 0 fully saturated rings. The van der Waals surface area contributed by atoms with Gasteiger partial charge in [-0.25, -0.2) is 9.59 Å². The van der Waals surface area contributed by atoms with Crippen molar-refractivity contribution in [1.82, 2.24) is 0 Å². The fourth-order valence-electron chi connectivity index (χ4n) is 3.29. The molecule has 0 spiro atoms. The molecule has 0 bridgehead atoms. The van der Waals surface area contributed by atoms with Gasteiger partial charge >= 0.3 is 11.9 Å². The number of carbonyl (C=O) groups is 2. The Morgan fingerprint density at radius 3 is 2.00 bits per heavy atom. The number of aromatic carboxylic acids is 1. The summed E-state index contributed by atoms with van der Waals surface area (Å²) in [6.07, 6.45) is 0. The van der Waals surface area contributed by atoms with Crippen LogP contribution in [-0.4, -0.2) is 17.0 Å². The number of ether oxygens (including phenoxy) is 1. The van der Waals surface area contributed by atoms with Gasteiger partial charge in [0, 0.05) is 16.4 Å². The number of anilines is 4. The smallest absolute Gasteiger partial charge is 0.345 e. The summed E-state index contributed by atoms with van der Waals surface area (Å²) in [5, 5.41) is 16.6. The molecule has 4 aromatic rings. The Balaban J connectivity index is 1.55. The molecule has 6 nitrogen and oxygen atoms in total. The summed E-state index contributed by atoms with van der Waals surface area (Å²) in [5.41, 5.74) is 3.82. The highest BCUT2D eigenvalue weighted by molar-refractivity contribution is 6.30. The van der Waals surface area contributed by atoms with E-state index in [1.54, 1.807) is 60.7 Å². The molecule has 3 N–H and O–H groups in total. The summed E-state index contributed by atoms with van der Waals surface area (Å²) in [6, 6.07) is 26.0. The molecule has 0 radical (unpaired) electrons. The first-order chi connectivity index (χ1) is 16.4. The van der Waals surface area contributed by atoms with Crippen LogP contribution < -0.4 is 15.4 Å². The second kappa shape index (κ2) is 10.1. The van der Waals surface area contributed by atoms with Crippen LogP contribution in [-0.2, 0) is 0 Å². The van der Waals surface area contributed by atoms with E-state index < -0.39 is 11.9 Å². The Hall–Kier alpha value is -4.29. The van der Waals surface area contributed by atoms with Crippen LogP contribution in [0.5, 0.6) is 5.75 Å². The van der Waals surface area contributed by atoms with Gasteiger partial charge in [0.1, 0.15) is 5.75 Å². The minimum atomic E-state index is -1.14. The largest absolute Gasteiger partial charge is 0.478 e. The number of carboxylic acid groups (broad SMARTS) is 1. The minimum absolute atomic E-state index is 0.0153. The third-order valence-electron chi connectivity index (χ3n) is 5.03. The maximum Gasteiger partial charge on any atom is 0.345 e. The van der Waals surface area contributed by atoms with E-state index in [1.165, 1.54) is 6.07 Å². The Morgan fingerprint density at radius 1 is 0.765 bits per heavy atom. The molecule has 170 valence electrons. The molecule has 0 aliphatic carbocycles. The summed E-state index contributed by atoms with van der Waals surface area (Å²) >= 11 is 5.94. The normalized spacial score (nSPS) is 10.4. The van der Waals surface area contributed by atoms with Crippen molar-refractivity contribution in [3.63, 3.8) is 0 Å². The number of rotatable bonds is 7. The summed E-state index contributed by atoms with van der Waals surface area (Å²) in [7, 11) is 0. The van der Waals surface area contributed by atoms with Crippen molar-refractivity contribution in [3.05, 3.63) is 113 Å². The zero-order valence-electron chi connectivity index (χ0n) is 18.2. The van der Waals surface area contributed by atoms with E-state index in [9.17, 15) is 14.7 Å². The van der Waals surface area contributed by atoms with Crippen molar-refractivity contribution < 1.29 is 19.4 Å². The lowest BCUT2D eigenvalue weighted by molar-refractivity contribution is 0.0688. The van der Waals surface area contributed by atoms with Gasteiger partial charge in [-0.2, -0.15) is 0 Å². The average Bonchev–Trinajstić information content (AvgIpc) is 2.83. The number of aryl methyl sites for hydroxylation is 1. The Bertz CT molecular complexity index is 1340. The van der Waals surface area contributed by atoms with Gasteiger partial charge < -0.3 is 20.5 Å². The van der Waals surface area contributed by atoms with E-state index >= 15 is 0 Å². The van der Waals surface area contributed by atoms with Crippen molar-refractivity contribution in [3.8, 4) is 5.75 Å². The maximum atomic E-state index is 12.9. The number of halogens is 1. The average molecular weight is 473 g/mol. The molecule has 7 heteroatoms. The minimum Gasteiger partial charge on any atom is -0.478 e. The molecule has 0 saturated carbocycles. The first kappa shape index (κ1) is 22.9. The van der Waals surface area contributed by atoms with E-state index in [0.717, 1.165) is 16.9 Å². The number of para-hydroxylation sites is 1. The maximum absolute atomic E-state index is 12.9. The number of benzene rings is 4. The fourth-order valence-corrected chi connectivity index (χ4v) is 3.41. The van der Waals surface area contributed by atoms with Crippen LogP contribution in [0.1, 0.15) is 26.3 Å². The molecule has 0 saturated heterocycles. The molecule has 4 aromatic carbocycles. The van der Waals surface area contributed by atoms with Crippen LogP contribution in [0.15, 0.2) is 91.0 Å². The summed E-state index contributed by atoms with van der Waals surface area (Å²) in [5.74, 6) is -1.64. The first-order valence-electron chi connectivity index (χ1n) is 10.4. The molecule has 0 heterocycles. The Morgan fingerprint density at radius 2 is 1.35 bits per heavy atom. The summed E-state index contributed by atoms with van der Waals surface area (Å²) < 4.78 is 5.52. The summed E-state index contributed by atoms with van der Waals surface area (Å²) in [6.45, 7) is 1.97. The van der Waals surface area contributed by atoms with Gasteiger partial charge in [0.2, 0.25) is 0 Å². The van der Waals surface area contributed by atoms with Gasteiger partial charge in [0.15, 0.2) is 0 Å². The van der Waals surface area contributed by atoms with Crippen molar-refractivity contribution in [2.75, 3.05) is 10.6 Å². The van der Waals surface area contributed by atoms with Crippen LogP contribution in [0, 0.1) is 6.92 Å². The zero-order valence-corrected chi connectivity index (χ0v) is 19.0. The van der Waals surface area contributed by atoms with Gasteiger partial charge in [0.25, 0.3) is 0 Å². The van der Waals surface area contributed by atoms with Crippen LogP contribution in [0.2, 0.25) is 5.02 Å². The number of carbonyl (C=O) groups excluding carboxylic acids is 1. The highest BCUT2D eigenvalue weighted by Gasteiger charge is 2.17. The lowest BCUT2D eigenvalue weighted by Gasteiger charge is -2.14. The SMILES string of the molecule is Cc1ccc(Nc2ccc(OC(=O)c3ccccc3Nc3ccc(Cl)cc3)cc2C(=O)O)cc1. The predicted molar refractivity (Wildman–Crippen MR) is 134 cm³/mol. The lowest BCUT2D eigenvalue weighted by atomic mass is 10.1. The number of nitrogens with one attached hydrogen (secondary N) is 2. The third-order valence-corrected chi connectivity index (χ3v) is 5.28. The molecule has 4 rings (SSSR count). The van der Waals surface area contributed by atoms with Gasteiger partial charge in [-0.15, -0.1) is 0 Å². The molecule has 0 atom stereocenters. The topological polar surface area (TPSA) is 87.7 Å². The fraction of sp³-hybridized carbons (Fsp3) is 0.0370. The van der Waals surface area contributed by atoms with Crippen molar-refractivity contribution in [2.45, 2.75) is 6.92 Å². The molecule has 0 amide bonds.